The van der Waals surface area contributed by atoms with Crippen LogP contribution >= 0.6 is 11.6 Å². The highest BCUT2D eigenvalue weighted by molar-refractivity contribution is 6.32. The second kappa shape index (κ2) is 5.33. The fourth-order valence-electron chi connectivity index (χ4n) is 2.24. The maximum Gasteiger partial charge on any atom is 0.220 e. The van der Waals surface area contributed by atoms with Gasteiger partial charge in [0, 0.05) is 6.07 Å². The van der Waals surface area contributed by atoms with Crippen molar-refractivity contribution in [3.8, 4) is 11.5 Å². The topological polar surface area (TPSA) is 98.5 Å². The quantitative estimate of drug-likeness (QED) is 0.882. The van der Waals surface area contributed by atoms with Crippen LogP contribution in [0.1, 0.15) is 13.8 Å². The molecule has 0 aromatic heterocycles. The summed E-state index contributed by atoms with van der Waals surface area (Å²) in [6, 6.07) is 3.38. The minimum absolute atomic E-state index is 0.132. The number of benzene rings is 1. The second-order valence-electron chi connectivity index (χ2n) is 4.93. The zero-order chi connectivity index (χ0) is 15.8. The Balaban J connectivity index is 2.61. The highest BCUT2D eigenvalue weighted by Crippen LogP contribution is 2.41. The summed E-state index contributed by atoms with van der Waals surface area (Å²) in [4.78, 5) is 10.00. The fourth-order valence-corrected chi connectivity index (χ4v) is 2.48. The largest absolute Gasteiger partial charge is 0.495 e. The molecule has 0 unspecified atom stereocenters. The van der Waals surface area contributed by atoms with Gasteiger partial charge < -0.3 is 20.9 Å². The third kappa shape index (κ3) is 2.69. The van der Waals surface area contributed by atoms with Gasteiger partial charge in [0.2, 0.25) is 11.9 Å². The summed E-state index contributed by atoms with van der Waals surface area (Å²) in [6.07, 6.45) is 0. The Morgan fingerprint density at radius 2 is 1.76 bits per heavy atom. The number of methoxy groups -OCH3 is 2. The number of halogens is 1. The molecule has 1 heterocycles. The lowest BCUT2D eigenvalue weighted by Gasteiger charge is -2.39. The van der Waals surface area contributed by atoms with Crippen LogP contribution in [0.15, 0.2) is 22.1 Å². The Labute approximate surface area is 128 Å². The monoisotopic (exact) mass is 311 g/mol. The first-order chi connectivity index (χ1) is 9.80. The highest BCUT2D eigenvalue weighted by Gasteiger charge is 2.35. The molecule has 1 aliphatic heterocycles. The summed E-state index contributed by atoms with van der Waals surface area (Å²) >= 11 is 6.20. The SMILES string of the molecule is COc1cc(OC)c(N2C(N)=NC(N)=NC2(C)C)cc1Cl. The molecule has 0 radical (unpaired) electrons. The Morgan fingerprint density at radius 3 is 2.29 bits per heavy atom. The van der Waals surface area contributed by atoms with Crippen LogP contribution in [0.5, 0.6) is 11.5 Å². The van der Waals surface area contributed by atoms with Gasteiger partial charge in [-0.1, -0.05) is 11.6 Å². The molecule has 8 heteroatoms. The van der Waals surface area contributed by atoms with E-state index in [1.165, 1.54) is 7.11 Å². The van der Waals surface area contributed by atoms with E-state index in [-0.39, 0.29) is 11.9 Å². The van der Waals surface area contributed by atoms with Crippen molar-refractivity contribution in [1.82, 2.24) is 0 Å². The number of ether oxygens (including phenoxy) is 2. The average Bonchev–Trinajstić information content (AvgIpc) is 2.36. The van der Waals surface area contributed by atoms with Crippen LogP contribution in [0.2, 0.25) is 5.02 Å². The van der Waals surface area contributed by atoms with Gasteiger partial charge in [0.05, 0.1) is 24.9 Å². The molecular formula is C13H18ClN5O2. The van der Waals surface area contributed by atoms with Crippen LogP contribution < -0.4 is 25.8 Å². The van der Waals surface area contributed by atoms with Gasteiger partial charge >= 0.3 is 0 Å². The lowest BCUT2D eigenvalue weighted by Crippen LogP contribution is -2.54. The smallest absolute Gasteiger partial charge is 0.220 e. The van der Waals surface area contributed by atoms with Crippen molar-refractivity contribution in [1.29, 1.82) is 0 Å². The highest BCUT2D eigenvalue weighted by atomic mass is 35.5. The molecule has 0 spiro atoms. The van der Waals surface area contributed by atoms with Gasteiger partial charge in [-0.3, -0.25) is 4.90 Å². The summed E-state index contributed by atoms with van der Waals surface area (Å²) < 4.78 is 10.6. The lowest BCUT2D eigenvalue weighted by molar-refractivity contribution is 0.392. The second-order valence-corrected chi connectivity index (χ2v) is 5.34. The van der Waals surface area contributed by atoms with Crippen LogP contribution in [0, 0.1) is 0 Å². The standard InChI is InChI=1S/C13H18ClN5O2/c1-13(2)18-11(15)17-12(16)19(13)8-5-7(14)9(20-3)6-10(8)21-4/h5-6H,1-4H3,(H4,15,16,17,18). The van der Waals surface area contributed by atoms with Crippen LogP contribution in [0.4, 0.5) is 5.69 Å². The number of guanidine groups is 2. The molecular weight excluding hydrogens is 294 g/mol. The van der Waals surface area contributed by atoms with Crippen molar-refractivity contribution in [2.45, 2.75) is 19.5 Å². The van der Waals surface area contributed by atoms with E-state index in [4.69, 9.17) is 32.5 Å². The van der Waals surface area contributed by atoms with E-state index in [0.717, 1.165) is 0 Å². The number of rotatable bonds is 3. The molecule has 4 N–H and O–H groups in total. The van der Waals surface area contributed by atoms with E-state index >= 15 is 0 Å². The van der Waals surface area contributed by atoms with Crippen molar-refractivity contribution < 1.29 is 9.47 Å². The van der Waals surface area contributed by atoms with E-state index in [1.54, 1.807) is 24.1 Å². The Hall–Kier alpha value is -2.15. The Bertz CT molecular complexity index is 627. The molecule has 0 saturated carbocycles. The fraction of sp³-hybridized carbons (Fsp3) is 0.385. The number of hydrogen-bond donors (Lipinski definition) is 2. The molecule has 0 amide bonds. The Morgan fingerprint density at radius 1 is 1.14 bits per heavy atom. The van der Waals surface area contributed by atoms with Gasteiger partial charge in [0.15, 0.2) is 0 Å². The predicted octanol–water partition coefficient (Wildman–Crippen LogP) is 1.54. The maximum absolute atomic E-state index is 6.20. The van der Waals surface area contributed by atoms with E-state index in [0.29, 0.717) is 22.2 Å². The molecule has 0 aliphatic carbocycles. The van der Waals surface area contributed by atoms with Crippen LogP contribution in [-0.2, 0) is 0 Å². The van der Waals surface area contributed by atoms with Gasteiger partial charge in [0.1, 0.15) is 17.2 Å². The van der Waals surface area contributed by atoms with E-state index < -0.39 is 5.66 Å². The molecule has 21 heavy (non-hydrogen) atoms. The Kier molecular flexibility index (Phi) is 3.87. The van der Waals surface area contributed by atoms with Crippen molar-refractivity contribution in [3.63, 3.8) is 0 Å². The van der Waals surface area contributed by atoms with Gasteiger partial charge in [0.25, 0.3) is 0 Å². The first-order valence-electron chi connectivity index (χ1n) is 6.21. The predicted molar refractivity (Wildman–Crippen MR) is 84.4 cm³/mol. The molecule has 0 atom stereocenters. The van der Waals surface area contributed by atoms with Crippen LogP contribution in [-0.4, -0.2) is 31.8 Å². The molecule has 7 nitrogen and oxygen atoms in total. The van der Waals surface area contributed by atoms with Crippen molar-refractivity contribution in [2.75, 3.05) is 19.1 Å². The summed E-state index contributed by atoms with van der Waals surface area (Å²) in [5, 5.41) is 0.430. The molecule has 1 aromatic rings. The molecule has 2 rings (SSSR count). The lowest BCUT2D eigenvalue weighted by atomic mass is 10.1. The summed E-state index contributed by atoms with van der Waals surface area (Å²) in [5.41, 5.74) is 11.6. The zero-order valence-electron chi connectivity index (χ0n) is 12.3. The van der Waals surface area contributed by atoms with Gasteiger partial charge in [-0.15, -0.1) is 0 Å². The minimum Gasteiger partial charge on any atom is -0.495 e. The summed E-state index contributed by atoms with van der Waals surface area (Å²) in [6.45, 7) is 3.72. The minimum atomic E-state index is -0.721. The summed E-state index contributed by atoms with van der Waals surface area (Å²) in [5.74, 6) is 1.39. The number of nitrogens with zero attached hydrogens (tertiary/aromatic N) is 3. The zero-order valence-corrected chi connectivity index (χ0v) is 13.1. The molecule has 0 fully saturated rings. The summed E-state index contributed by atoms with van der Waals surface area (Å²) in [7, 11) is 3.08. The first kappa shape index (κ1) is 15.2. The van der Waals surface area contributed by atoms with Gasteiger partial charge in [-0.25, -0.2) is 4.99 Å². The number of anilines is 1. The van der Waals surface area contributed by atoms with Crippen molar-refractivity contribution >= 4 is 29.2 Å². The van der Waals surface area contributed by atoms with Gasteiger partial charge in [-0.05, 0) is 19.9 Å². The first-order valence-corrected chi connectivity index (χ1v) is 6.59. The number of aliphatic imine (C=N–C) groups is 2. The molecule has 114 valence electrons. The molecule has 1 aliphatic rings. The normalized spacial score (nSPS) is 17.1. The average molecular weight is 312 g/mol. The third-order valence-electron chi connectivity index (χ3n) is 3.09. The van der Waals surface area contributed by atoms with Gasteiger partial charge in [-0.2, -0.15) is 4.99 Å². The van der Waals surface area contributed by atoms with E-state index in [2.05, 4.69) is 9.98 Å². The maximum atomic E-state index is 6.20. The number of nitrogens with two attached hydrogens (primary N) is 2. The van der Waals surface area contributed by atoms with Crippen LogP contribution in [0.3, 0.4) is 0 Å². The number of hydrogen-bond acceptors (Lipinski definition) is 7. The van der Waals surface area contributed by atoms with E-state index in [1.807, 2.05) is 13.8 Å². The van der Waals surface area contributed by atoms with Crippen LogP contribution in [0.25, 0.3) is 0 Å². The molecule has 0 saturated heterocycles. The van der Waals surface area contributed by atoms with E-state index in [9.17, 15) is 0 Å². The van der Waals surface area contributed by atoms with Crippen molar-refractivity contribution in [2.24, 2.45) is 21.5 Å². The third-order valence-corrected chi connectivity index (χ3v) is 3.38. The van der Waals surface area contributed by atoms with Crippen molar-refractivity contribution in [3.05, 3.63) is 17.2 Å². The molecule has 0 bridgehead atoms. The molecule has 1 aromatic carbocycles.